The van der Waals surface area contributed by atoms with Crippen molar-refractivity contribution >= 4 is 28.7 Å². The van der Waals surface area contributed by atoms with Crippen molar-refractivity contribution in [1.29, 1.82) is 5.41 Å². The van der Waals surface area contributed by atoms with Crippen molar-refractivity contribution in [3.63, 3.8) is 0 Å². The van der Waals surface area contributed by atoms with Gasteiger partial charge in [0, 0.05) is 29.0 Å². The first-order valence-corrected chi connectivity index (χ1v) is 10.3. The van der Waals surface area contributed by atoms with Crippen LogP contribution in [0.15, 0.2) is 48.9 Å². The summed E-state index contributed by atoms with van der Waals surface area (Å²) in [7, 11) is 1.58. The molecule has 0 spiro atoms. The number of thiophene rings is 1. The Bertz CT molecular complexity index is 981. The van der Waals surface area contributed by atoms with Crippen LogP contribution in [0.2, 0.25) is 0 Å². The highest BCUT2D eigenvalue weighted by Crippen LogP contribution is 2.36. The van der Waals surface area contributed by atoms with Gasteiger partial charge in [0.1, 0.15) is 11.9 Å². The van der Waals surface area contributed by atoms with Crippen LogP contribution in [0.1, 0.15) is 10.9 Å². The number of aromatic nitrogens is 2. The van der Waals surface area contributed by atoms with E-state index in [-0.39, 0.29) is 17.5 Å². The summed E-state index contributed by atoms with van der Waals surface area (Å²) in [6.07, 6.45) is 5.10. The normalized spacial score (nSPS) is 19.8. The number of guanidine groups is 1. The fourth-order valence-corrected chi connectivity index (χ4v) is 5.03. The van der Waals surface area contributed by atoms with Gasteiger partial charge in [-0.15, -0.1) is 11.3 Å². The Kier molecular flexibility index (Phi) is 4.81. The van der Waals surface area contributed by atoms with Crippen molar-refractivity contribution in [3.05, 3.63) is 59.6 Å². The summed E-state index contributed by atoms with van der Waals surface area (Å²) in [5.74, 6) is -0.0964. The highest BCUT2D eigenvalue weighted by atomic mass is 32.2. The molecule has 1 fully saturated rings. The highest BCUT2D eigenvalue weighted by molar-refractivity contribution is 7.89. The van der Waals surface area contributed by atoms with E-state index in [1.807, 2.05) is 24.3 Å². The van der Waals surface area contributed by atoms with E-state index in [2.05, 4.69) is 15.3 Å². The zero-order chi connectivity index (χ0) is 19.0. The molecule has 0 aliphatic carbocycles. The number of pyridine rings is 2. The van der Waals surface area contributed by atoms with Gasteiger partial charge in [0.15, 0.2) is 5.75 Å². The Morgan fingerprint density at radius 1 is 1.26 bits per heavy atom. The van der Waals surface area contributed by atoms with Crippen molar-refractivity contribution in [2.45, 2.75) is 6.04 Å². The third-order valence-corrected chi connectivity index (χ3v) is 6.98. The first-order chi connectivity index (χ1) is 13.0. The lowest BCUT2D eigenvalue weighted by Gasteiger charge is -2.32. The van der Waals surface area contributed by atoms with Gasteiger partial charge in [0.2, 0.25) is 5.96 Å². The van der Waals surface area contributed by atoms with Gasteiger partial charge < -0.3 is 9.87 Å². The number of hydrogen-bond acceptors (Lipinski definition) is 5. The molecule has 0 saturated carbocycles. The molecule has 6 nitrogen and oxygen atoms in total. The van der Waals surface area contributed by atoms with Gasteiger partial charge in [-0.05, 0) is 35.9 Å². The summed E-state index contributed by atoms with van der Waals surface area (Å²) >= 11 is -0.0463. The van der Waals surface area contributed by atoms with Gasteiger partial charge in [-0.3, -0.25) is 15.4 Å². The second-order valence-corrected chi connectivity index (χ2v) is 8.63. The lowest BCUT2D eigenvalue weighted by molar-refractivity contribution is 0.500. The molecule has 2 unspecified atom stereocenters. The maximum Gasteiger partial charge on any atom is 0.234 e. The second-order valence-electron chi connectivity index (χ2n) is 6.02. The Labute approximate surface area is 162 Å². The lowest BCUT2D eigenvalue weighted by atomic mass is 10.1. The van der Waals surface area contributed by atoms with E-state index in [0.717, 1.165) is 21.7 Å². The minimum Gasteiger partial charge on any atom is -0.593 e. The zero-order valence-electron chi connectivity index (χ0n) is 14.3. The van der Waals surface area contributed by atoms with Crippen LogP contribution in [-0.4, -0.2) is 37.6 Å². The number of hydrogen-bond donors (Lipinski definition) is 2. The standard InChI is InChI=1S/C18H16FN5OS2/c1-24-18(20)23-15(10-27(24)25)17-13(19)9-16(26-17)12-4-7-22-14(8-12)11-2-5-21-6-3-11/h2-9,15H,10H2,1H3,(H2,20,23). The molecule has 0 bridgehead atoms. The third-order valence-electron chi connectivity index (χ3n) is 4.29. The minimum atomic E-state index is -1.35. The molecule has 3 aromatic rings. The molecule has 1 aliphatic rings. The van der Waals surface area contributed by atoms with E-state index in [4.69, 9.17) is 5.41 Å². The Morgan fingerprint density at radius 3 is 2.74 bits per heavy atom. The quantitative estimate of drug-likeness (QED) is 0.658. The molecule has 3 aromatic heterocycles. The third kappa shape index (κ3) is 3.53. The molecule has 0 radical (unpaired) electrons. The summed E-state index contributed by atoms with van der Waals surface area (Å²) < 4.78 is 28.1. The molecule has 1 saturated heterocycles. The molecule has 2 N–H and O–H groups in total. The van der Waals surface area contributed by atoms with Gasteiger partial charge in [-0.2, -0.15) is 4.31 Å². The molecular formula is C18H16FN5OS2. The maximum absolute atomic E-state index is 14.6. The first-order valence-electron chi connectivity index (χ1n) is 8.16. The number of nitrogens with zero attached hydrogens (tertiary/aromatic N) is 3. The molecule has 1 aliphatic heterocycles. The molecule has 0 aromatic carbocycles. The van der Waals surface area contributed by atoms with Crippen LogP contribution >= 0.6 is 11.3 Å². The van der Waals surface area contributed by atoms with E-state index >= 15 is 0 Å². The number of rotatable bonds is 3. The van der Waals surface area contributed by atoms with Crippen LogP contribution in [0.5, 0.6) is 0 Å². The second kappa shape index (κ2) is 7.26. The number of nitrogens with one attached hydrogen (secondary N) is 2. The van der Waals surface area contributed by atoms with Crippen LogP contribution in [0.3, 0.4) is 0 Å². The minimum absolute atomic E-state index is 0.0304. The van der Waals surface area contributed by atoms with Gasteiger partial charge in [0.25, 0.3) is 0 Å². The smallest absolute Gasteiger partial charge is 0.234 e. The molecule has 4 rings (SSSR count). The molecule has 0 amide bonds. The monoisotopic (exact) mass is 401 g/mol. The van der Waals surface area contributed by atoms with E-state index in [1.165, 1.54) is 21.7 Å². The average molecular weight is 401 g/mol. The van der Waals surface area contributed by atoms with E-state index in [9.17, 15) is 8.94 Å². The molecule has 2 atom stereocenters. The van der Waals surface area contributed by atoms with Crippen molar-refractivity contribution in [1.82, 2.24) is 19.6 Å². The lowest BCUT2D eigenvalue weighted by Crippen LogP contribution is -2.51. The summed E-state index contributed by atoms with van der Waals surface area (Å²) in [5, 5.41) is 10.8. The van der Waals surface area contributed by atoms with Crippen molar-refractivity contribution in [3.8, 4) is 21.7 Å². The Hall–Kier alpha value is -2.49. The molecule has 4 heterocycles. The SMILES string of the molecule is CN1C(=N)NC(c2sc(-c3ccnc(-c4ccncc4)c3)cc2F)C[S+]1[O-]. The summed E-state index contributed by atoms with van der Waals surface area (Å²) in [6, 6.07) is 8.49. The van der Waals surface area contributed by atoms with Crippen molar-refractivity contribution in [2.24, 2.45) is 0 Å². The van der Waals surface area contributed by atoms with Gasteiger partial charge in [0.05, 0.1) is 29.0 Å². The van der Waals surface area contributed by atoms with Crippen LogP contribution < -0.4 is 5.32 Å². The predicted molar refractivity (Wildman–Crippen MR) is 105 cm³/mol. The molecule has 27 heavy (non-hydrogen) atoms. The molecular weight excluding hydrogens is 385 g/mol. The van der Waals surface area contributed by atoms with Gasteiger partial charge in [-0.25, -0.2) is 4.39 Å². The maximum atomic E-state index is 14.6. The van der Waals surface area contributed by atoms with Crippen molar-refractivity contribution in [2.75, 3.05) is 12.8 Å². The van der Waals surface area contributed by atoms with Crippen LogP contribution in [0.25, 0.3) is 21.7 Å². The van der Waals surface area contributed by atoms with Gasteiger partial charge >= 0.3 is 0 Å². The average Bonchev–Trinajstić information content (AvgIpc) is 3.08. The number of halogens is 1. The van der Waals surface area contributed by atoms with Crippen molar-refractivity contribution < 1.29 is 8.94 Å². The first kappa shape index (κ1) is 17.9. The Balaban J connectivity index is 1.65. The summed E-state index contributed by atoms with van der Waals surface area (Å²) in [5.41, 5.74) is 2.58. The summed E-state index contributed by atoms with van der Waals surface area (Å²) in [4.78, 5) is 9.61. The van der Waals surface area contributed by atoms with E-state index in [1.54, 1.807) is 25.6 Å². The largest absolute Gasteiger partial charge is 0.593 e. The van der Waals surface area contributed by atoms with Gasteiger partial charge in [-0.1, -0.05) is 0 Å². The topological polar surface area (TPSA) is 88.0 Å². The predicted octanol–water partition coefficient (Wildman–Crippen LogP) is 3.19. The molecule has 138 valence electrons. The Morgan fingerprint density at radius 2 is 2.00 bits per heavy atom. The van der Waals surface area contributed by atoms with E-state index < -0.39 is 17.4 Å². The highest BCUT2D eigenvalue weighted by Gasteiger charge is 2.34. The van der Waals surface area contributed by atoms with E-state index in [0.29, 0.717) is 4.88 Å². The summed E-state index contributed by atoms with van der Waals surface area (Å²) in [6.45, 7) is 0. The van der Waals surface area contributed by atoms with Crippen LogP contribution in [-0.2, 0) is 11.4 Å². The van der Waals surface area contributed by atoms with Crippen LogP contribution in [0, 0.1) is 11.2 Å². The fourth-order valence-electron chi connectivity index (χ4n) is 2.82. The fraction of sp³-hybridized carbons (Fsp3) is 0.167. The van der Waals surface area contributed by atoms with Crippen LogP contribution in [0.4, 0.5) is 4.39 Å². The molecule has 9 heteroatoms. The zero-order valence-corrected chi connectivity index (χ0v) is 16.0.